The van der Waals surface area contributed by atoms with Gasteiger partial charge in [-0.2, -0.15) is 0 Å². The number of nitrogens with one attached hydrogen (secondary N) is 1. The van der Waals surface area contributed by atoms with Gasteiger partial charge in [0, 0.05) is 17.1 Å². The van der Waals surface area contributed by atoms with E-state index in [1.165, 1.54) is 12.5 Å². The van der Waals surface area contributed by atoms with Crippen LogP contribution in [-0.2, 0) is 11.2 Å². The Morgan fingerprint density at radius 1 is 1.32 bits per heavy atom. The fourth-order valence-electron chi connectivity index (χ4n) is 1.64. The molecule has 1 heterocycles. The van der Waals surface area contributed by atoms with E-state index in [9.17, 15) is 9.90 Å². The number of halogens is 1. The second-order valence-electron chi connectivity index (χ2n) is 4.18. The molecule has 0 saturated carbocycles. The van der Waals surface area contributed by atoms with Crippen LogP contribution in [0.5, 0.6) is 0 Å². The molecule has 2 aromatic rings. The Balaban J connectivity index is 1.80. The lowest BCUT2D eigenvalue weighted by atomic mass is 10.1. The van der Waals surface area contributed by atoms with Gasteiger partial charge in [0.2, 0.25) is 5.91 Å². The third-order valence-corrected chi connectivity index (χ3v) is 2.95. The predicted octanol–water partition coefficient (Wildman–Crippen LogP) is 2.33. The Hall–Kier alpha value is -1.78. The van der Waals surface area contributed by atoms with Crippen LogP contribution in [0.25, 0.3) is 0 Å². The lowest BCUT2D eigenvalue weighted by Crippen LogP contribution is -2.29. The number of furan rings is 1. The number of aliphatic hydroxyl groups excluding tert-OH is 1. The van der Waals surface area contributed by atoms with E-state index in [2.05, 4.69) is 5.32 Å². The second kappa shape index (κ2) is 6.41. The lowest BCUT2D eigenvalue weighted by molar-refractivity contribution is -0.120. The normalized spacial score (nSPS) is 12.1. The van der Waals surface area contributed by atoms with Crippen LogP contribution >= 0.6 is 11.6 Å². The Bertz CT molecular complexity index is 522. The van der Waals surface area contributed by atoms with Crippen molar-refractivity contribution in [2.75, 3.05) is 6.54 Å². The van der Waals surface area contributed by atoms with E-state index in [1.54, 1.807) is 30.3 Å². The van der Waals surface area contributed by atoms with Gasteiger partial charge in [0.15, 0.2) is 0 Å². The molecule has 2 N–H and O–H groups in total. The topological polar surface area (TPSA) is 62.5 Å². The SMILES string of the molecule is O=C(Cc1ccc(Cl)cc1)NC[C@@H](O)c1ccoc1. The molecule has 0 saturated heterocycles. The number of hydrogen-bond donors (Lipinski definition) is 2. The van der Waals surface area contributed by atoms with Crippen LogP contribution in [-0.4, -0.2) is 17.6 Å². The van der Waals surface area contributed by atoms with Crippen LogP contribution in [0, 0.1) is 0 Å². The Kier molecular flexibility index (Phi) is 4.60. The molecule has 1 aromatic carbocycles. The third-order valence-electron chi connectivity index (χ3n) is 2.70. The van der Waals surface area contributed by atoms with E-state index < -0.39 is 6.10 Å². The van der Waals surface area contributed by atoms with E-state index in [4.69, 9.17) is 16.0 Å². The molecule has 0 aliphatic carbocycles. The van der Waals surface area contributed by atoms with Crippen LogP contribution in [0.4, 0.5) is 0 Å². The zero-order valence-corrected chi connectivity index (χ0v) is 10.9. The van der Waals surface area contributed by atoms with Crippen molar-refractivity contribution in [1.29, 1.82) is 0 Å². The van der Waals surface area contributed by atoms with Gasteiger partial charge in [0.1, 0.15) is 0 Å². The molecule has 4 nitrogen and oxygen atoms in total. The summed E-state index contributed by atoms with van der Waals surface area (Å²) in [5, 5.41) is 13.1. The summed E-state index contributed by atoms with van der Waals surface area (Å²) in [5.41, 5.74) is 1.52. The highest BCUT2D eigenvalue weighted by molar-refractivity contribution is 6.30. The minimum Gasteiger partial charge on any atom is -0.472 e. The molecule has 0 spiro atoms. The van der Waals surface area contributed by atoms with Gasteiger partial charge >= 0.3 is 0 Å². The maximum atomic E-state index is 11.7. The Morgan fingerprint density at radius 2 is 2.05 bits per heavy atom. The number of benzene rings is 1. The van der Waals surface area contributed by atoms with Crippen molar-refractivity contribution in [3.63, 3.8) is 0 Å². The highest BCUT2D eigenvalue weighted by atomic mass is 35.5. The number of carbonyl (C=O) groups excluding carboxylic acids is 1. The summed E-state index contributed by atoms with van der Waals surface area (Å²) >= 11 is 5.77. The van der Waals surface area contributed by atoms with Crippen LogP contribution < -0.4 is 5.32 Å². The molecule has 1 aromatic heterocycles. The zero-order chi connectivity index (χ0) is 13.7. The number of hydrogen-bond acceptors (Lipinski definition) is 3. The van der Waals surface area contributed by atoms with Gasteiger partial charge in [-0.05, 0) is 23.8 Å². The molecule has 0 radical (unpaired) electrons. The van der Waals surface area contributed by atoms with Crippen LogP contribution in [0.3, 0.4) is 0 Å². The van der Waals surface area contributed by atoms with Crippen molar-refractivity contribution in [2.24, 2.45) is 0 Å². The van der Waals surface area contributed by atoms with Crippen molar-refractivity contribution in [1.82, 2.24) is 5.32 Å². The van der Waals surface area contributed by atoms with Gasteiger partial charge < -0.3 is 14.8 Å². The molecular weight excluding hydrogens is 266 g/mol. The van der Waals surface area contributed by atoms with E-state index in [0.717, 1.165) is 5.56 Å². The first kappa shape index (κ1) is 13.6. The molecule has 0 unspecified atom stereocenters. The van der Waals surface area contributed by atoms with Gasteiger partial charge in [-0.25, -0.2) is 0 Å². The number of aliphatic hydroxyl groups is 1. The number of rotatable bonds is 5. The number of amides is 1. The molecular formula is C14H14ClNO3. The van der Waals surface area contributed by atoms with E-state index in [-0.39, 0.29) is 18.9 Å². The Labute approximate surface area is 116 Å². The van der Waals surface area contributed by atoms with Gasteiger partial charge in [0.25, 0.3) is 0 Å². The summed E-state index contributed by atoms with van der Waals surface area (Å²) in [4.78, 5) is 11.7. The second-order valence-corrected chi connectivity index (χ2v) is 4.62. The van der Waals surface area contributed by atoms with Crippen molar-refractivity contribution in [3.8, 4) is 0 Å². The van der Waals surface area contributed by atoms with Gasteiger partial charge in [-0.15, -0.1) is 0 Å². The van der Waals surface area contributed by atoms with Crippen molar-refractivity contribution >= 4 is 17.5 Å². The molecule has 0 aliphatic rings. The summed E-state index contributed by atoms with van der Waals surface area (Å²) in [6.45, 7) is 0.159. The quantitative estimate of drug-likeness (QED) is 0.883. The molecule has 0 aliphatic heterocycles. The summed E-state index contributed by atoms with van der Waals surface area (Å²) in [6.07, 6.45) is 2.44. The molecule has 19 heavy (non-hydrogen) atoms. The maximum Gasteiger partial charge on any atom is 0.224 e. The van der Waals surface area contributed by atoms with Crippen LogP contribution in [0.1, 0.15) is 17.2 Å². The van der Waals surface area contributed by atoms with E-state index in [1.807, 2.05) is 0 Å². The van der Waals surface area contributed by atoms with E-state index in [0.29, 0.717) is 10.6 Å². The largest absolute Gasteiger partial charge is 0.472 e. The monoisotopic (exact) mass is 279 g/mol. The first-order valence-electron chi connectivity index (χ1n) is 5.86. The number of carbonyl (C=O) groups is 1. The molecule has 0 fully saturated rings. The minimum atomic E-state index is -0.757. The molecule has 100 valence electrons. The Morgan fingerprint density at radius 3 is 2.68 bits per heavy atom. The van der Waals surface area contributed by atoms with Crippen LogP contribution in [0.2, 0.25) is 5.02 Å². The van der Waals surface area contributed by atoms with Crippen molar-refractivity contribution in [3.05, 3.63) is 59.0 Å². The molecule has 0 bridgehead atoms. The average Bonchev–Trinajstić information content (AvgIpc) is 2.93. The molecule has 1 amide bonds. The summed E-state index contributed by atoms with van der Waals surface area (Å²) in [5.74, 6) is -0.148. The molecule has 1 atom stereocenters. The smallest absolute Gasteiger partial charge is 0.224 e. The van der Waals surface area contributed by atoms with E-state index >= 15 is 0 Å². The highest BCUT2D eigenvalue weighted by Crippen LogP contribution is 2.12. The predicted molar refractivity (Wildman–Crippen MR) is 71.8 cm³/mol. The highest BCUT2D eigenvalue weighted by Gasteiger charge is 2.10. The standard InChI is InChI=1S/C14H14ClNO3/c15-12-3-1-10(2-4-12)7-14(18)16-8-13(17)11-5-6-19-9-11/h1-6,9,13,17H,7-8H2,(H,16,18)/t13-/m1/s1. The van der Waals surface area contributed by atoms with Crippen molar-refractivity contribution < 1.29 is 14.3 Å². The fourth-order valence-corrected chi connectivity index (χ4v) is 1.77. The first-order valence-corrected chi connectivity index (χ1v) is 6.24. The summed E-state index contributed by atoms with van der Waals surface area (Å²) < 4.78 is 4.86. The fraction of sp³-hybridized carbons (Fsp3) is 0.214. The third kappa shape index (κ3) is 4.12. The van der Waals surface area contributed by atoms with Crippen molar-refractivity contribution in [2.45, 2.75) is 12.5 Å². The molecule has 2 rings (SSSR count). The van der Waals surface area contributed by atoms with Gasteiger partial charge in [0.05, 0.1) is 25.1 Å². The lowest BCUT2D eigenvalue weighted by Gasteiger charge is -2.10. The first-order chi connectivity index (χ1) is 9.15. The van der Waals surface area contributed by atoms with Crippen LogP contribution in [0.15, 0.2) is 47.3 Å². The molecule has 5 heteroatoms. The summed E-state index contributed by atoms with van der Waals surface area (Å²) in [7, 11) is 0. The average molecular weight is 280 g/mol. The minimum absolute atomic E-state index is 0.148. The summed E-state index contributed by atoms with van der Waals surface area (Å²) in [6, 6.07) is 8.74. The maximum absolute atomic E-state index is 11.7. The van der Waals surface area contributed by atoms with Gasteiger partial charge in [-0.1, -0.05) is 23.7 Å². The van der Waals surface area contributed by atoms with Gasteiger partial charge in [-0.3, -0.25) is 4.79 Å². The zero-order valence-electron chi connectivity index (χ0n) is 10.2.